The molecule has 0 aromatic heterocycles. The summed E-state index contributed by atoms with van der Waals surface area (Å²) in [5.74, 6) is 0. The predicted molar refractivity (Wildman–Crippen MR) is 67.4 cm³/mol. The highest BCUT2D eigenvalue weighted by molar-refractivity contribution is 7.87. The Morgan fingerprint density at radius 1 is 1.56 bits per heavy atom. The topological polar surface area (TPSA) is 93.5 Å². The van der Waals surface area contributed by atoms with Gasteiger partial charge in [-0.05, 0) is 6.42 Å². The van der Waals surface area contributed by atoms with Crippen LogP contribution in [0.15, 0.2) is 0 Å². The van der Waals surface area contributed by atoms with E-state index in [1.165, 1.54) is 7.11 Å². The molecule has 0 aliphatic heterocycles. The van der Waals surface area contributed by atoms with Gasteiger partial charge in [0.15, 0.2) is 0 Å². The molecule has 0 aliphatic carbocycles. The Labute approximate surface area is 102 Å². The lowest BCUT2D eigenvalue weighted by Gasteiger charge is -2.16. The lowest BCUT2D eigenvalue weighted by Crippen LogP contribution is -2.48. The third-order valence-corrected chi connectivity index (χ3v) is 3.28. The van der Waals surface area contributed by atoms with E-state index in [9.17, 15) is 8.42 Å². The van der Waals surface area contributed by atoms with Gasteiger partial charge >= 0.3 is 0 Å². The van der Waals surface area contributed by atoms with Crippen LogP contribution in [0.5, 0.6) is 0 Å². The van der Waals surface area contributed by atoms with Crippen molar-refractivity contribution >= 4 is 27.4 Å². The van der Waals surface area contributed by atoms with Gasteiger partial charge in [0.2, 0.25) is 0 Å². The molecule has 0 fully saturated rings. The molecule has 0 amide bonds. The van der Waals surface area contributed by atoms with E-state index in [1.54, 1.807) is 0 Å². The smallest absolute Gasteiger partial charge is 0.277 e. The van der Waals surface area contributed by atoms with Crippen LogP contribution in [0.3, 0.4) is 0 Å². The molecule has 16 heavy (non-hydrogen) atoms. The van der Waals surface area contributed by atoms with E-state index in [0.29, 0.717) is 13.0 Å². The summed E-state index contributed by atoms with van der Waals surface area (Å²) in [5, 5.41) is 0. The minimum absolute atomic E-state index is 0.152. The van der Waals surface area contributed by atoms with Gasteiger partial charge in [-0.25, -0.2) is 0 Å². The van der Waals surface area contributed by atoms with Crippen molar-refractivity contribution in [3.05, 3.63) is 0 Å². The maximum absolute atomic E-state index is 11.5. The summed E-state index contributed by atoms with van der Waals surface area (Å²) in [5.41, 5.74) is 5.44. The maximum Gasteiger partial charge on any atom is 0.277 e. The first-order valence-corrected chi connectivity index (χ1v) is 6.87. The number of hydrogen-bond donors (Lipinski definition) is 3. The third kappa shape index (κ3) is 7.07. The van der Waals surface area contributed by atoms with Crippen LogP contribution in [0.25, 0.3) is 0 Å². The van der Waals surface area contributed by atoms with Gasteiger partial charge in [-0.1, -0.05) is 25.6 Å². The molecule has 0 saturated carbocycles. The monoisotopic (exact) mass is 269 g/mol. The molecule has 0 radical (unpaired) electrons. The van der Waals surface area contributed by atoms with Crippen molar-refractivity contribution in [1.82, 2.24) is 9.44 Å². The lowest BCUT2D eigenvalue weighted by atomic mass is 10.2. The van der Waals surface area contributed by atoms with Crippen molar-refractivity contribution < 1.29 is 13.2 Å². The molecule has 0 heterocycles. The van der Waals surface area contributed by atoms with Gasteiger partial charge in [-0.15, -0.1) is 0 Å². The van der Waals surface area contributed by atoms with Crippen molar-refractivity contribution in [2.24, 2.45) is 5.73 Å². The van der Waals surface area contributed by atoms with Crippen molar-refractivity contribution in [3.8, 4) is 0 Å². The fraction of sp³-hybridized carbons (Fsp3) is 0.875. The van der Waals surface area contributed by atoms with Gasteiger partial charge in [0, 0.05) is 13.7 Å². The second-order valence-electron chi connectivity index (χ2n) is 3.25. The van der Waals surface area contributed by atoms with Gasteiger partial charge in [-0.2, -0.15) is 17.9 Å². The summed E-state index contributed by atoms with van der Waals surface area (Å²) in [6.07, 6.45) is 1.38. The van der Waals surface area contributed by atoms with E-state index in [1.807, 2.05) is 6.92 Å². The summed E-state index contributed by atoms with van der Waals surface area (Å²) >= 11 is 4.78. The number of nitrogens with one attached hydrogen (secondary N) is 2. The largest absolute Gasteiger partial charge is 0.392 e. The highest BCUT2D eigenvalue weighted by Gasteiger charge is 2.18. The van der Waals surface area contributed by atoms with Crippen LogP contribution < -0.4 is 15.2 Å². The molecule has 1 unspecified atom stereocenters. The van der Waals surface area contributed by atoms with Crippen molar-refractivity contribution in [2.45, 2.75) is 25.8 Å². The van der Waals surface area contributed by atoms with Crippen LogP contribution >= 0.6 is 12.2 Å². The average Bonchev–Trinajstić information content (AvgIpc) is 2.17. The van der Waals surface area contributed by atoms with Crippen molar-refractivity contribution in [1.29, 1.82) is 0 Å². The average molecular weight is 269 g/mol. The molecule has 0 spiro atoms. The fourth-order valence-corrected chi connectivity index (χ4v) is 2.36. The molecule has 1 atom stereocenters. The highest BCUT2D eigenvalue weighted by atomic mass is 32.2. The van der Waals surface area contributed by atoms with Crippen molar-refractivity contribution in [2.75, 3.05) is 20.3 Å². The molecule has 0 saturated heterocycles. The molecule has 4 N–H and O–H groups in total. The summed E-state index contributed by atoms with van der Waals surface area (Å²) in [6.45, 7) is 2.45. The minimum Gasteiger partial charge on any atom is -0.392 e. The zero-order valence-corrected chi connectivity index (χ0v) is 11.2. The first kappa shape index (κ1) is 15.7. The fourth-order valence-electron chi connectivity index (χ4n) is 1.05. The lowest BCUT2D eigenvalue weighted by molar-refractivity contribution is 0.204. The molecule has 8 heteroatoms. The number of nitrogens with two attached hydrogens (primary N) is 1. The van der Waals surface area contributed by atoms with Gasteiger partial charge < -0.3 is 10.5 Å². The summed E-state index contributed by atoms with van der Waals surface area (Å²) in [7, 11) is -2.07. The second-order valence-corrected chi connectivity index (χ2v) is 5.25. The molecule has 0 aliphatic rings. The number of hydrogen-bond acceptors (Lipinski definition) is 4. The minimum atomic E-state index is -3.57. The third-order valence-electron chi connectivity index (χ3n) is 1.82. The van der Waals surface area contributed by atoms with Crippen molar-refractivity contribution in [3.63, 3.8) is 0 Å². The van der Waals surface area contributed by atoms with Crippen LogP contribution in [0.1, 0.15) is 19.8 Å². The Bertz CT molecular complexity index is 306. The second kappa shape index (κ2) is 7.91. The van der Waals surface area contributed by atoms with E-state index < -0.39 is 16.3 Å². The van der Waals surface area contributed by atoms with Crippen LogP contribution in [0, 0.1) is 0 Å². The van der Waals surface area contributed by atoms with E-state index >= 15 is 0 Å². The summed E-state index contributed by atoms with van der Waals surface area (Å²) < 4.78 is 32.5. The Morgan fingerprint density at radius 2 is 2.19 bits per heavy atom. The number of methoxy groups -OCH3 is 1. The van der Waals surface area contributed by atoms with Crippen LogP contribution in [-0.2, 0) is 14.9 Å². The van der Waals surface area contributed by atoms with Gasteiger partial charge in [0.1, 0.15) is 0 Å². The molecule has 0 aromatic rings. The van der Waals surface area contributed by atoms with E-state index in [4.69, 9.17) is 22.7 Å². The zero-order valence-electron chi connectivity index (χ0n) is 9.52. The Morgan fingerprint density at radius 3 is 2.62 bits per heavy atom. The predicted octanol–water partition coefficient (Wildman–Crippen LogP) is -0.488. The van der Waals surface area contributed by atoms with Crippen LogP contribution in [0.4, 0.5) is 0 Å². The number of rotatable bonds is 9. The molecular weight excluding hydrogens is 250 g/mol. The van der Waals surface area contributed by atoms with E-state index in [0.717, 1.165) is 6.42 Å². The molecular formula is C8H19N3O3S2. The van der Waals surface area contributed by atoms with Gasteiger partial charge in [-0.3, -0.25) is 0 Å². The van der Waals surface area contributed by atoms with E-state index in [2.05, 4.69) is 9.44 Å². The SMILES string of the molecule is CCCC(NS(=O)(=O)NCCOC)C(N)=S. The standard InChI is InChI=1S/C8H19N3O3S2/c1-3-4-7(8(9)15)11-16(12,13)10-5-6-14-2/h7,10-11H,3-6H2,1-2H3,(H2,9,15). The van der Waals surface area contributed by atoms with Gasteiger partial charge in [0.05, 0.1) is 17.6 Å². The summed E-state index contributed by atoms with van der Waals surface area (Å²) in [4.78, 5) is 0.152. The van der Waals surface area contributed by atoms with Crippen LogP contribution in [0.2, 0.25) is 0 Å². The first-order valence-electron chi connectivity index (χ1n) is 4.98. The quantitative estimate of drug-likeness (QED) is 0.388. The normalized spacial score (nSPS) is 13.6. The maximum atomic E-state index is 11.5. The highest BCUT2D eigenvalue weighted by Crippen LogP contribution is 1.98. The first-order chi connectivity index (χ1) is 7.43. The molecule has 96 valence electrons. The molecule has 0 rings (SSSR count). The Hall–Kier alpha value is -0.280. The van der Waals surface area contributed by atoms with E-state index in [-0.39, 0.29) is 11.5 Å². The zero-order chi connectivity index (χ0) is 12.6. The molecule has 6 nitrogen and oxygen atoms in total. The number of ether oxygens (including phenoxy) is 1. The Kier molecular flexibility index (Phi) is 7.77. The number of thiocarbonyl (C=S) groups is 1. The van der Waals surface area contributed by atoms with Gasteiger partial charge in [0.25, 0.3) is 10.2 Å². The summed E-state index contributed by atoms with van der Waals surface area (Å²) in [6, 6.07) is -0.500. The molecule has 0 aromatic carbocycles. The van der Waals surface area contributed by atoms with Crippen LogP contribution in [-0.4, -0.2) is 39.7 Å². The molecule has 0 bridgehead atoms. The Balaban J connectivity index is 4.25.